The average Bonchev–Trinajstić information content (AvgIpc) is 3.63. The second kappa shape index (κ2) is 11.8. The minimum Gasteiger partial charge on any atom is -0.443 e. The fourth-order valence-corrected chi connectivity index (χ4v) is 5.78. The molecule has 1 aliphatic carbocycles. The molecule has 0 N–H and O–H groups in total. The maximum atomic E-state index is 14.1. The number of amides is 4. The van der Waals surface area contributed by atoms with Gasteiger partial charge in [-0.1, -0.05) is 32.4 Å². The Morgan fingerprint density at radius 1 is 1.02 bits per heavy atom. The van der Waals surface area contributed by atoms with Gasteiger partial charge in [-0.3, -0.25) is 19.3 Å². The zero-order valence-corrected chi connectivity index (χ0v) is 27.0. The van der Waals surface area contributed by atoms with E-state index >= 15 is 0 Å². The third-order valence-corrected chi connectivity index (χ3v) is 9.12. The number of rotatable bonds is 9. The second-order valence-corrected chi connectivity index (χ2v) is 14.5. The third kappa shape index (κ3) is 6.71. The molecule has 4 rings (SSSR count). The van der Waals surface area contributed by atoms with Gasteiger partial charge < -0.3 is 14.4 Å². The highest BCUT2D eigenvalue weighted by molar-refractivity contribution is 6.31. The summed E-state index contributed by atoms with van der Waals surface area (Å²) in [7, 11) is 0. The summed E-state index contributed by atoms with van der Waals surface area (Å²) in [6, 6.07) is 1.55. The Kier molecular flexibility index (Phi) is 9.14. The van der Waals surface area contributed by atoms with Gasteiger partial charge in [-0.25, -0.2) is 9.69 Å². The van der Waals surface area contributed by atoms with Gasteiger partial charge in [0.25, 0.3) is 5.91 Å². The molecular weight excluding hydrogens is 603 g/mol. The van der Waals surface area contributed by atoms with Crippen molar-refractivity contribution in [3.05, 3.63) is 33.8 Å². The van der Waals surface area contributed by atoms with Crippen LogP contribution in [0.25, 0.3) is 0 Å². The molecule has 9 nitrogen and oxygen atoms in total. The first kappa shape index (κ1) is 34.0. The van der Waals surface area contributed by atoms with Gasteiger partial charge in [-0.2, -0.15) is 13.2 Å². The molecule has 1 unspecified atom stereocenters. The molecule has 1 aromatic rings. The fraction of sp³-hybridized carbons (Fsp3) is 0.677. The summed E-state index contributed by atoms with van der Waals surface area (Å²) < 4.78 is 51.6. The van der Waals surface area contributed by atoms with Crippen LogP contribution in [0.15, 0.2) is 12.1 Å². The topological polar surface area (TPSA) is 96.5 Å². The van der Waals surface area contributed by atoms with Gasteiger partial charge in [0.05, 0.1) is 22.1 Å². The summed E-state index contributed by atoms with van der Waals surface area (Å²) in [4.78, 5) is 57.5. The molecule has 2 aliphatic heterocycles. The van der Waals surface area contributed by atoms with Crippen molar-refractivity contribution in [2.24, 2.45) is 16.7 Å². The number of halogens is 4. The number of carbonyl (C=O) groups excluding carboxylic acids is 4. The zero-order valence-electron chi connectivity index (χ0n) is 26.3. The molecule has 0 aromatic heterocycles. The Bertz CT molecular complexity index is 1330. The fourth-order valence-electron chi connectivity index (χ4n) is 5.48. The van der Waals surface area contributed by atoms with Crippen LogP contribution in [-0.2, 0) is 43.1 Å². The zero-order chi connectivity index (χ0) is 33.0. The van der Waals surface area contributed by atoms with Gasteiger partial charge in [-0.05, 0) is 81.5 Å². The third-order valence-electron chi connectivity index (χ3n) is 8.81. The maximum Gasteiger partial charge on any atom is 0.417 e. The molecule has 0 radical (unpaired) electrons. The van der Waals surface area contributed by atoms with E-state index in [1.807, 2.05) is 27.7 Å². The van der Waals surface area contributed by atoms with Crippen molar-refractivity contribution in [2.45, 2.75) is 105 Å². The Hall–Kier alpha value is -2.86. The van der Waals surface area contributed by atoms with Gasteiger partial charge in [0.2, 0.25) is 5.91 Å². The number of fused-ring (bicyclic) bond motifs is 1. The summed E-state index contributed by atoms with van der Waals surface area (Å²) in [5.41, 5.74) is -2.57. The van der Waals surface area contributed by atoms with E-state index in [1.54, 1.807) is 20.8 Å². The number of ether oxygens (including phenoxy) is 2. The smallest absolute Gasteiger partial charge is 0.417 e. The van der Waals surface area contributed by atoms with Crippen LogP contribution >= 0.6 is 11.6 Å². The molecule has 4 amide bonds. The number of alkyl halides is 3. The highest BCUT2D eigenvalue weighted by Gasteiger charge is 2.64. The van der Waals surface area contributed by atoms with Crippen LogP contribution in [0, 0.1) is 16.7 Å². The lowest BCUT2D eigenvalue weighted by Crippen LogP contribution is -2.53. The molecule has 44 heavy (non-hydrogen) atoms. The first-order valence-electron chi connectivity index (χ1n) is 14.8. The summed E-state index contributed by atoms with van der Waals surface area (Å²) in [5, 5.41) is -0.430. The minimum absolute atomic E-state index is 0.0144. The molecule has 2 atom stereocenters. The van der Waals surface area contributed by atoms with E-state index in [0.717, 1.165) is 11.0 Å². The molecule has 1 saturated heterocycles. The number of carbonyl (C=O) groups is 4. The molecule has 244 valence electrons. The van der Waals surface area contributed by atoms with Crippen LogP contribution in [-0.4, -0.2) is 63.6 Å². The van der Waals surface area contributed by atoms with Gasteiger partial charge in [0, 0.05) is 19.5 Å². The SMILES string of the molecule is CC(OCN1C(=O)N(COC(=O)C(C)(C)C)C(=O)[C@]1(CCC(=O)N1Cc2cc(Cl)c(C(F)(F)F)cc2C1)C1CC1)C(C)(C)C. The molecule has 3 aliphatic rings. The number of urea groups is 1. The summed E-state index contributed by atoms with van der Waals surface area (Å²) in [5.74, 6) is -1.73. The summed E-state index contributed by atoms with van der Waals surface area (Å²) in [6.45, 7) is 12.1. The second-order valence-electron chi connectivity index (χ2n) is 14.1. The highest BCUT2D eigenvalue weighted by atomic mass is 35.5. The molecular formula is C31H41ClF3N3O6. The van der Waals surface area contributed by atoms with E-state index in [0.29, 0.717) is 24.0 Å². The normalized spacial score (nSPS) is 21.7. The molecule has 0 bridgehead atoms. The van der Waals surface area contributed by atoms with Crippen molar-refractivity contribution in [2.75, 3.05) is 13.5 Å². The largest absolute Gasteiger partial charge is 0.443 e. The van der Waals surface area contributed by atoms with Crippen LogP contribution in [0.4, 0.5) is 18.0 Å². The average molecular weight is 644 g/mol. The van der Waals surface area contributed by atoms with Gasteiger partial charge in [0.1, 0.15) is 12.3 Å². The van der Waals surface area contributed by atoms with Gasteiger partial charge in [0.15, 0.2) is 6.73 Å². The van der Waals surface area contributed by atoms with E-state index in [2.05, 4.69) is 0 Å². The standard InChI is InChI=1S/C31H41ClF3N3O6/c1-18(28(2,3)4)43-17-38-27(42)37(16-44-26(41)29(5,6)7)25(40)30(38,21-8-9-21)11-10-24(39)36-14-19-12-22(31(33,34)35)23(32)13-20(19)15-36/h12-13,18,21H,8-11,14-17H2,1-7H3/t18?,30-/m0/s1. The van der Waals surface area contributed by atoms with Gasteiger partial charge >= 0.3 is 18.2 Å². The van der Waals surface area contributed by atoms with Crippen molar-refractivity contribution >= 4 is 35.4 Å². The van der Waals surface area contributed by atoms with Crippen LogP contribution in [0.2, 0.25) is 5.02 Å². The molecule has 0 spiro atoms. The summed E-state index contributed by atoms with van der Waals surface area (Å²) >= 11 is 5.89. The van der Waals surface area contributed by atoms with E-state index in [1.165, 1.54) is 15.9 Å². The quantitative estimate of drug-likeness (QED) is 0.230. The highest BCUT2D eigenvalue weighted by Crippen LogP contribution is 2.50. The van der Waals surface area contributed by atoms with Crippen LogP contribution in [0.1, 0.15) is 90.8 Å². The maximum absolute atomic E-state index is 14.1. The minimum atomic E-state index is -4.63. The predicted molar refractivity (Wildman–Crippen MR) is 155 cm³/mol. The van der Waals surface area contributed by atoms with E-state index < -0.39 is 52.4 Å². The molecule has 1 aromatic carbocycles. The van der Waals surface area contributed by atoms with Gasteiger partial charge in [-0.15, -0.1) is 0 Å². The number of nitrogens with zero attached hydrogens (tertiary/aromatic N) is 3. The van der Waals surface area contributed by atoms with Crippen molar-refractivity contribution in [3.8, 4) is 0 Å². The first-order chi connectivity index (χ1) is 20.2. The lowest BCUT2D eigenvalue weighted by molar-refractivity contribution is -0.159. The Morgan fingerprint density at radius 3 is 2.14 bits per heavy atom. The first-order valence-corrected chi connectivity index (χ1v) is 15.1. The van der Waals surface area contributed by atoms with Crippen molar-refractivity contribution < 1.29 is 41.8 Å². The molecule has 13 heteroatoms. The monoisotopic (exact) mass is 643 g/mol. The van der Waals surface area contributed by atoms with Crippen LogP contribution in [0.5, 0.6) is 0 Å². The van der Waals surface area contributed by atoms with Crippen LogP contribution in [0.3, 0.4) is 0 Å². The number of hydrogen-bond donors (Lipinski definition) is 0. The molecule has 2 fully saturated rings. The Balaban J connectivity index is 1.56. The van der Waals surface area contributed by atoms with Crippen molar-refractivity contribution in [3.63, 3.8) is 0 Å². The number of imide groups is 1. The van der Waals surface area contributed by atoms with Crippen molar-refractivity contribution in [1.29, 1.82) is 0 Å². The number of esters is 1. The van der Waals surface area contributed by atoms with E-state index in [4.69, 9.17) is 21.1 Å². The lowest BCUT2D eigenvalue weighted by atomic mass is 9.86. The number of benzene rings is 1. The van der Waals surface area contributed by atoms with E-state index in [-0.39, 0.29) is 56.0 Å². The predicted octanol–water partition coefficient (Wildman–Crippen LogP) is 6.35. The lowest BCUT2D eigenvalue weighted by Gasteiger charge is -2.37. The molecule has 2 heterocycles. The number of hydrogen-bond acceptors (Lipinski definition) is 6. The Morgan fingerprint density at radius 2 is 1.61 bits per heavy atom. The summed E-state index contributed by atoms with van der Waals surface area (Å²) in [6.07, 6.45) is -3.75. The molecule has 1 saturated carbocycles. The van der Waals surface area contributed by atoms with E-state index in [9.17, 15) is 32.3 Å². The van der Waals surface area contributed by atoms with Crippen molar-refractivity contribution in [1.82, 2.24) is 14.7 Å². The van der Waals surface area contributed by atoms with Crippen LogP contribution < -0.4 is 0 Å². The Labute approximate surface area is 260 Å².